The van der Waals surface area contributed by atoms with E-state index in [0.717, 1.165) is 34.0 Å². The molecule has 1 unspecified atom stereocenters. The zero-order valence-corrected chi connectivity index (χ0v) is 20.7. The van der Waals surface area contributed by atoms with E-state index in [1.165, 1.54) is 11.3 Å². The lowest BCUT2D eigenvalue weighted by Gasteiger charge is -2.28. The number of aryl methyl sites for hydroxylation is 1. The van der Waals surface area contributed by atoms with Gasteiger partial charge in [-0.1, -0.05) is 31.2 Å². The van der Waals surface area contributed by atoms with Gasteiger partial charge in [0.25, 0.3) is 5.91 Å². The fourth-order valence-corrected chi connectivity index (χ4v) is 4.36. The summed E-state index contributed by atoms with van der Waals surface area (Å²) in [6, 6.07) is 21.2. The maximum atomic E-state index is 13.4. The molecule has 176 valence electrons. The molecule has 0 spiro atoms. The fraction of sp³-hybridized carbons (Fsp3) is 0.259. The second-order valence-corrected chi connectivity index (χ2v) is 9.01. The summed E-state index contributed by atoms with van der Waals surface area (Å²) in [4.78, 5) is 16.0. The van der Waals surface area contributed by atoms with Gasteiger partial charge in [-0.2, -0.15) is 5.10 Å². The highest BCUT2D eigenvalue weighted by atomic mass is 32.1. The molecule has 0 N–H and O–H groups in total. The number of nitrogens with zero attached hydrogens (tertiary/aromatic N) is 3. The van der Waals surface area contributed by atoms with Gasteiger partial charge in [-0.05, 0) is 68.1 Å². The molecular formula is C27H29N3O3S. The Bertz CT molecular complexity index is 1220. The van der Waals surface area contributed by atoms with Crippen LogP contribution < -0.4 is 9.47 Å². The third-order valence-electron chi connectivity index (χ3n) is 5.86. The zero-order valence-electron chi connectivity index (χ0n) is 19.9. The van der Waals surface area contributed by atoms with Crippen LogP contribution in [0.4, 0.5) is 0 Å². The molecule has 0 aliphatic rings. The minimum absolute atomic E-state index is 0.0200. The van der Waals surface area contributed by atoms with Crippen molar-refractivity contribution >= 4 is 17.2 Å². The van der Waals surface area contributed by atoms with Crippen LogP contribution >= 0.6 is 11.3 Å². The minimum atomic E-state index is 0.0200. The minimum Gasteiger partial charge on any atom is -0.497 e. The maximum Gasteiger partial charge on any atom is 0.264 e. The third-order valence-corrected chi connectivity index (χ3v) is 6.71. The molecule has 0 bridgehead atoms. The van der Waals surface area contributed by atoms with Gasteiger partial charge in [0.2, 0.25) is 5.88 Å². The van der Waals surface area contributed by atoms with Crippen LogP contribution in [-0.4, -0.2) is 33.7 Å². The Morgan fingerprint density at radius 1 is 1.06 bits per heavy atom. The number of rotatable bonds is 9. The van der Waals surface area contributed by atoms with E-state index < -0.39 is 0 Å². The Morgan fingerprint density at radius 3 is 2.38 bits per heavy atom. The van der Waals surface area contributed by atoms with E-state index >= 15 is 0 Å². The molecule has 1 atom stereocenters. The van der Waals surface area contributed by atoms with E-state index in [9.17, 15) is 4.79 Å². The standard InChI is InChI=1S/C27H29N3O3S/c1-5-19(2)29(26(31)25-12-9-17-34-25)18-24-20(3)28-30(21-10-7-6-8-11-21)27(24)33-23-15-13-22(32-4)14-16-23/h6-17,19H,5,18H2,1-4H3. The quantitative estimate of drug-likeness (QED) is 0.278. The highest BCUT2D eigenvalue weighted by Crippen LogP contribution is 2.33. The molecule has 0 aliphatic carbocycles. The van der Waals surface area contributed by atoms with E-state index in [1.54, 1.807) is 11.8 Å². The van der Waals surface area contributed by atoms with Crippen LogP contribution in [0.2, 0.25) is 0 Å². The molecule has 0 aliphatic heterocycles. The Hall–Kier alpha value is -3.58. The first-order valence-electron chi connectivity index (χ1n) is 11.3. The number of methoxy groups -OCH3 is 1. The molecule has 2 heterocycles. The van der Waals surface area contributed by atoms with E-state index in [0.29, 0.717) is 18.2 Å². The number of aromatic nitrogens is 2. The van der Waals surface area contributed by atoms with Crippen molar-refractivity contribution in [3.05, 3.63) is 88.2 Å². The van der Waals surface area contributed by atoms with Crippen LogP contribution in [-0.2, 0) is 6.54 Å². The molecule has 1 amide bonds. The molecule has 4 aromatic rings. The smallest absolute Gasteiger partial charge is 0.264 e. The Balaban J connectivity index is 1.77. The van der Waals surface area contributed by atoms with Crippen LogP contribution in [0.15, 0.2) is 72.1 Å². The summed E-state index contributed by atoms with van der Waals surface area (Å²) in [5.41, 5.74) is 2.59. The van der Waals surface area contributed by atoms with Gasteiger partial charge >= 0.3 is 0 Å². The third kappa shape index (κ3) is 4.99. The summed E-state index contributed by atoms with van der Waals surface area (Å²) < 4.78 is 13.5. The molecule has 0 saturated heterocycles. The SMILES string of the molecule is CCC(C)N(Cc1c(C)nn(-c2ccccc2)c1Oc1ccc(OC)cc1)C(=O)c1cccs1. The van der Waals surface area contributed by atoms with Crippen LogP contribution in [0.3, 0.4) is 0 Å². The Labute approximate surface area is 204 Å². The molecule has 0 saturated carbocycles. The van der Waals surface area contributed by atoms with E-state index in [4.69, 9.17) is 14.6 Å². The second-order valence-electron chi connectivity index (χ2n) is 8.06. The van der Waals surface area contributed by atoms with Gasteiger partial charge in [-0.3, -0.25) is 4.79 Å². The number of hydrogen-bond acceptors (Lipinski definition) is 5. The number of para-hydroxylation sites is 1. The number of carbonyl (C=O) groups is 1. The van der Waals surface area contributed by atoms with Crippen molar-refractivity contribution in [2.24, 2.45) is 0 Å². The molecule has 6 nitrogen and oxygen atoms in total. The summed E-state index contributed by atoms with van der Waals surface area (Å²) in [6.45, 7) is 6.52. The number of ether oxygens (including phenoxy) is 2. The van der Waals surface area contributed by atoms with Gasteiger partial charge in [-0.15, -0.1) is 11.3 Å². The first-order chi connectivity index (χ1) is 16.5. The summed E-state index contributed by atoms with van der Waals surface area (Å²) in [6.07, 6.45) is 0.845. The van der Waals surface area contributed by atoms with Gasteiger partial charge in [0.05, 0.1) is 35.5 Å². The molecule has 34 heavy (non-hydrogen) atoms. The molecule has 2 aromatic carbocycles. The van der Waals surface area contributed by atoms with Crippen LogP contribution in [0.25, 0.3) is 5.69 Å². The number of hydrogen-bond donors (Lipinski definition) is 0. The maximum absolute atomic E-state index is 13.4. The van der Waals surface area contributed by atoms with Gasteiger partial charge in [0, 0.05) is 6.04 Å². The van der Waals surface area contributed by atoms with Crippen molar-refractivity contribution < 1.29 is 14.3 Å². The molecule has 0 radical (unpaired) electrons. The monoisotopic (exact) mass is 475 g/mol. The Kier molecular flexibility index (Phi) is 7.33. The lowest BCUT2D eigenvalue weighted by molar-refractivity contribution is 0.0675. The summed E-state index contributed by atoms with van der Waals surface area (Å²) in [5, 5.41) is 6.73. The van der Waals surface area contributed by atoms with Crippen molar-refractivity contribution in [3.63, 3.8) is 0 Å². The topological polar surface area (TPSA) is 56.6 Å². The van der Waals surface area contributed by atoms with Crippen molar-refractivity contribution in [1.82, 2.24) is 14.7 Å². The largest absolute Gasteiger partial charge is 0.497 e. The molecular weight excluding hydrogens is 446 g/mol. The van der Waals surface area contributed by atoms with Crippen molar-refractivity contribution in [3.8, 4) is 23.1 Å². The number of thiophene rings is 1. The normalized spacial score (nSPS) is 11.8. The summed E-state index contributed by atoms with van der Waals surface area (Å²) in [5.74, 6) is 2.04. The fourth-order valence-electron chi connectivity index (χ4n) is 3.69. The average Bonchev–Trinajstić information content (AvgIpc) is 3.52. The molecule has 0 fully saturated rings. The summed E-state index contributed by atoms with van der Waals surface area (Å²) in [7, 11) is 1.63. The van der Waals surface area contributed by atoms with Gasteiger partial charge in [-0.25, -0.2) is 4.68 Å². The van der Waals surface area contributed by atoms with Crippen molar-refractivity contribution in [2.75, 3.05) is 7.11 Å². The van der Waals surface area contributed by atoms with E-state index in [-0.39, 0.29) is 11.9 Å². The summed E-state index contributed by atoms with van der Waals surface area (Å²) >= 11 is 1.46. The predicted octanol–water partition coefficient (Wildman–Crippen LogP) is 6.48. The predicted molar refractivity (Wildman–Crippen MR) is 135 cm³/mol. The molecule has 2 aromatic heterocycles. The van der Waals surface area contributed by atoms with Gasteiger partial charge in [0.15, 0.2) is 0 Å². The second kappa shape index (κ2) is 10.6. The van der Waals surface area contributed by atoms with Crippen molar-refractivity contribution in [1.29, 1.82) is 0 Å². The van der Waals surface area contributed by atoms with Crippen LogP contribution in [0.5, 0.6) is 17.4 Å². The number of amides is 1. The van der Waals surface area contributed by atoms with Crippen LogP contribution in [0, 0.1) is 6.92 Å². The highest BCUT2D eigenvalue weighted by Gasteiger charge is 2.27. The van der Waals surface area contributed by atoms with Gasteiger partial charge in [0.1, 0.15) is 11.5 Å². The zero-order chi connectivity index (χ0) is 24.1. The lowest BCUT2D eigenvalue weighted by Crippen LogP contribution is -2.37. The first kappa shape index (κ1) is 23.6. The van der Waals surface area contributed by atoms with Crippen molar-refractivity contribution in [2.45, 2.75) is 39.8 Å². The number of benzene rings is 2. The van der Waals surface area contributed by atoms with E-state index in [1.807, 2.05) is 83.9 Å². The first-order valence-corrected chi connectivity index (χ1v) is 12.2. The molecule has 4 rings (SSSR count). The van der Waals surface area contributed by atoms with Crippen LogP contribution in [0.1, 0.15) is 41.2 Å². The molecule has 7 heteroatoms. The number of carbonyl (C=O) groups excluding carboxylic acids is 1. The lowest BCUT2D eigenvalue weighted by atomic mass is 10.1. The Morgan fingerprint density at radius 2 is 1.76 bits per heavy atom. The average molecular weight is 476 g/mol. The van der Waals surface area contributed by atoms with Gasteiger partial charge < -0.3 is 14.4 Å². The van der Waals surface area contributed by atoms with E-state index in [2.05, 4.69) is 13.8 Å². The highest BCUT2D eigenvalue weighted by molar-refractivity contribution is 7.12.